The van der Waals surface area contributed by atoms with Gasteiger partial charge in [0.25, 0.3) is 0 Å². The van der Waals surface area contributed by atoms with Gasteiger partial charge in [-0.3, -0.25) is 0 Å². The van der Waals surface area contributed by atoms with Crippen LogP contribution in [0.15, 0.2) is 18.2 Å². The SMILES string of the molecule is CCNC1CC(Oc2cccc(Cl)c2Cl)C12CCCCC2. The monoisotopic (exact) mass is 327 g/mol. The van der Waals surface area contributed by atoms with Crippen LogP contribution in [-0.4, -0.2) is 18.7 Å². The van der Waals surface area contributed by atoms with Crippen LogP contribution < -0.4 is 10.1 Å². The zero-order valence-electron chi connectivity index (χ0n) is 12.5. The van der Waals surface area contributed by atoms with E-state index in [0.717, 1.165) is 18.7 Å². The van der Waals surface area contributed by atoms with Crippen LogP contribution in [0.1, 0.15) is 45.4 Å². The molecule has 3 rings (SSSR count). The number of hydrogen-bond acceptors (Lipinski definition) is 2. The Hall–Kier alpha value is -0.440. The van der Waals surface area contributed by atoms with Crippen molar-refractivity contribution < 1.29 is 4.74 Å². The van der Waals surface area contributed by atoms with E-state index in [1.54, 1.807) is 6.07 Å². The fraction of sp³-hybridized carbons (Fsp3) is 0.647. The van der Waals surface area contributed by atoms with Gasteiger partial charge in [0.15, 0.2) is 0 Å². The topological polar surface area (TPSA) is 21.3 Å². The zero-order chi connectivity index (χ0) is 14.9. The van der Waals surface area contributed by atoms with E-state index in [1.165, 1.54) is 32.1 Å². The van der Waals surface area contributed by atoms with Crippen LogP contribution in [0.3, 0.4) is 0 Å². The summed E-state index contributed by atoms with van der Waals surface area (Å²) in [5, 5.41) is 4.75. The number of rotatable bonds is 4. The standard InChI is InChI=1S/C17H23Cl2NO/c1-2-20-14-11-15(17(14)9-4-3-5-10-17)21-13-8-6-7-12(18)16(13)19/h6-8,14-15,20H,2-5,9-11H2,1H3. The van der Waals surface area contributed by atoms with E-state index in [9.17, 15) is 0 Å². The van der Waals surface area contributed by atoms with Crippen molar-refractivity contribution >= 4 is 23.2 Å². The predicted octanol–water partition coefficient (Wildman–Crippen LogP) is 5.07. The van der Waals surface area contributed by atoms with E-state index in [0.29, 0.717) is 21.5 Å². The Labute approximate surface area is 137 Å². The van der Waals surface area contributed by atoms with Gasteiger partial charge in [0.05, 0.1) is 5.02 Å². The van der Waals surface area contributed by atoms with Crippen LogP contribution in [0.5, 0.6) is 5.75 Å². The second-order valence-corrected chi connectivity index (χ2v) is 7.08. The predicted molar refractivity (Wildman–Crippen MR) is 88.5 cm³/mol. The van der Waals surface area contributed by atoms with Crippen molar-refractivity contribution in [2.24, 2.45) is 5.41 Å². The first-order chi connectivity index (χ1) is 10.2. The lowest BCUT2D eigenvalue weighted by Gasteiger charge is -2.57. The molecule has 2 nitrogen and oxygen atoms in total. The molecule has 0 amide bonds. The smallest absolute Gasteiger partial charge is 0.139 e. The molecule has 21 heavy (non-hydrogen) atoms. The minimum atomic E-state index is 0.262. The fourth-order valence-electron chi connectivity index (χ4n) is 4.05. The molecule has 2 aliphatic rings. The molecular formula is C17H23Cl2NO. The molecule has 0 radical (unpaired) electrons. The van der Waals surface area contributed by atoms with Crippen LogP contribution in [0.2, 0.25) is 10.0 Å². The van der Waals surface area contributed by atoms with Crippen molar-refractivity contribution in [1.82, 2.24) is 5.32 Å². The quantitative estimate of drug-likeness (QED) is 0.833. The molecule has 0 heterocycles. The van der Waals surface area contributed by atoms with Gasteiger partial charge in [0.2, 0.25) is 0 Å². The number of ether oxygens (including phenoxy) is 1. The van der Waals surface area contributed by atoms with E-state index in [4.69, 9.17) is 27.9 Å². The summed E-state index contributed by atoms with van der Waals surface area (Å²) in [5.41, 5.74) is 0.292. The molecule has 0 aromatic heterocycles. The van der Waals surface area contributed by atoms with Gasteiger partial charge in [-0.05, 0) is 31.5 Å². The van der Waals surface area contributed by atoms with E-state index < -0.39 is 0 Å². The Kier molecular flexibility index (Phi) is 4.68. The minimum Gasteiger partial charge on any atom is -0.488 e. The second-order valence-electron chi connectivity index (χ2n) is 6.30. The van der Waals surface area contributed by atoms with Crippen molar-refractivity contribution in [3.8, 4) is 5.75 Å². The van der Waals surface area contributed by atoms with Crippen molar-refractivity contribution in [2.45, 2.75) is 57.6 Å². The van der Waals surface area contributed by atoms with Gasteiger partial charge in [-0.1, -0.05) is 55.5 Å². The van der Waals surface area contributed by atoms with E-state index in [2.05, 4.69) is 12.2 Å². The molecule has 2 unspecified atom stereocenters. The molecule has 1 aromatic carbocycles. The number of halogens is 2. The maximum absolute atomic E-state index is 6.28. The molecule has 1 N–H and O–H groups in total. The summed E-state index contributed by atoms with van der Waals surface area (Å²) in [6.07, 6.45) is 7.82. The van der Waals surface area contributed by atoms with Gasteiger partial charge in [-0.2, -0.15) is 0 Å². The Morgan fingerprint density at radius 3 is 2.71 bits per heavy atom. The molecule has 0 aliphatic heterocycles. The first-order valence-corrected chi connectivity index (χ1v) is 8.77. The van der Waals surface area contributed by atoms with E-state index in [-0.39, 0.29) is 6.10 Å². The van der Waals surface area contributed by atoms with E-state index >= 15 is 0 Å². The van der Waals surface area contributed by atoms with Crippen molar-refractivity contribution in [3.63, 3.8) is 0 Å². The summed E-state index contributed by atoms with van der Waals surface area (Å²) in [5.74, 6) is 0.731. The fourth-order valence-corrected chi connectivity index (χ4v) is 4.39. The third-order valence-corrected chi connectivity index (χ3v) is 6.01. The molecule has 116 valence electrons. The Morgan fingerprint density at radius 1 is 1.24 bits per heavy atom. The van der Waals surface area contributed by atoms with Gasteiger partial charge in [-0.15, -0.1) is 0 Å². The minimum absolute atomic E-state index is 0.262. The molecule has 1 spiro atoms. The summed E-state index contributed by atoms with van der Waals surface area (Å²) in [4.78, 5) is 0. The zero-order valence-corrected chi connectivity index (χ0v) is 14.0. The van der Waals surface area contributed by atoms with E-state index in [1.807, 2.05) is 12.1 Å². The Balaban J connectivity index is 1.77. The molecule has 2 aliphatic carbocycles. The summed E-state index contributed by atoms with van der Waals surface area (Å²) in [7, 11) is 0. The lowest BCUT2D eigenvalue weighted by atomic mass is 9.55. The van der Waals surface area contributed by atoms with Crippen molar-refractivity contribution in [1.29, 1.82) is 0 Å². The van der Waals surface area contributed by atoms with Crippen LogP contribution in [0.25, 0.3) is 0 Å². The number of hydrogen-bond donors (Lipinski definition) is 1. The molecule has 0 saturated heterocycles. The first kappa shape index (κ1) is 15.5. The largest absolute Gasteiger partial charge is 0.488 e. The Morgan fingerprint density at radius 2 is 2.00 bits per heavy atom. The highest BCUT2D eigenvalue weighted by molar-refractivity contribution is 6.42. The highest BCUT2D eigenvalue weighted by Gasteiger charge is 2.56. The highest BCUT2D eigenvalue weighted by Crippen LogP contribution is 2.53. The first-order valence-electron chi connectivity index (χ1n) is 8.01. The van der Waals surface area contributed by atoms with Crippen LogP contribution in [0, 0.1) is 5.41 Å². The molecular weight excluding hydrogens is 305 g/mol. The van der Waals surface area contributed by atoms with Gasteiger partial charge in [0, 0.05) is 17.9 Å². The average Bonchev–Trinajstić information content (AvgIpc) is 2.51. The van der Waals surface area contributed by atoms with Gasteiger partial charge in [0.1, 0.15) is 16.9 Å². The molecule has 2 atom stereocenters. The van der Waals surface area contributed by atoms with Gasteiger partial charge < -0.3 is 10.1 Å². The van der Waals surface area contributed by atoms with Crippen molar-refractivity contribution in [3.05, 3.63) is 28.2 Å². The summed E-state index contributed by atoms with van der Waals surface area (Å²) >= 11 is 12.4. The maximum atomic E-state index is 6.28. The highest BCUT2D eigenvalue weighted by atomic mass is 35.5. The molecule has 4 heteroatoms. The molecule has 1 aromatic rings. The summed E-state index contributed by atoms with van der Waals surface area (Å²) in [6, 6.07) is 6.21. The number of benzene rings is 1. The lowest BCUT2D eigenvalue weighted by molar-refractivity contribution is -0.102. The molecule has 2 fully saturated rings. The van der Waals surface area contributed by atoms with Crippen LogP contribution in [0.4, 0.5) is 0 Å². The third kappa shape index (κ3) is 2.78. The molecule has 2 saturated carbocycles. The summed E-state index contributed by atoms with van der Waals surface area (Å²) in [6.45, 7) is 3.20. The average molecular weight is 328 g/mol. The van der Waals surface area contributed by atoms with Crippen LogP contribution >= 0.6 is 23.2 Å². The third-order valence-electron chi connectivity index (χ3n) is 5.21. The number of nitrogens with one attached hydrogen (secondary N) is 1. The second kappa shape index (κ2) is 6.36. The maximum Gasteiger partial charge on any atom is 0.139 e. The van der Waals surface area contributed by atoms with Gasteiger partial charge in [-0.25, -0.2) is 0 Å². The summed E-state index contributed by atoms with van der Waals surface area (Å²) < 4.78 is 6.28. The van der Waals surface area contributed by atoms with Crippen LogP contribution in [-0.2, 0) is 0 Å². The lowest BCUT2D eigenvalue weighted by Crippen LogP contribution is -2.65. The van der Waals surface area contributed by atoms with Crippen molar-refractivity contribution in [2.75, 3.05) is 6.54 Å². The molecule has 0 bridgehead atoms. The Bertz CT molecular complexity index is 500. The normalized spacial score (nSPS) is 27.4. The van der Waals surface area contributed by atoms with Gasteiger partial charge >= 0.3 is 0 Å².